The molecule has 0 aliphatic heterocycles. The van der Waals surface area contributed by atoms with Crippen LogP contribution < -0.4 is 10.5 Å². The van der Waals surface area contributed by atoms with Crippen molar-refractivity contribution in [2.75, 3.05) is 6.61 Å². The Hall–Kier alpha value is -1.33. The molecule has 5 heteroatoms. The van der Waals surface area contributed by atoms with Gasteiger partial charge in [0.1, 0.15) is 16.2 Å². The predicted molar refractivity (Wildman–Crippen MR) is 75.4 cm³/mol. The Morgan fingerprint density at radius 3 is 2.83 bits per heavy atom. The number of rotatable bonds is 4. The average molecular weight is 310 g/mol. The molecule has 0 spiro atoms. The van der Waals surface area contributed by atoms with Crippen LogP contribution in [0.2, 0.25) is 0 Å². The van der Waals surface area contributed by atoms with E-state index in [4.69, 9.17) is 10.5 Å². The monoisotopic (exact) mass is 309 g/mol. The van der Waals surface area contributed by atoms with E-state index >= 15 is 0 Å². The molecular weight excluding hydrogens is 294 g/mol. The molecule has 0 aliphatic carbocycles. The van der Waals surface area contributed by atoms with Gasteiger partial charge in [-0.05, 0) is 35.0 Å². The van der Waals surface area contributed by atoms with Gasteiger partial charge in [0, 0.05) is 19.2 Å². The first-order chi connectivity index (χ1) is 8.67. The Balaban J connectivity index is 2.45. The topological polar surface area (TPSA) is 53.1 Å². The molecule has 2 N–H and O–H groups in total. The number of halogens is 1. The highest BCUT2D eigenvalue weighted by Crippen LogP contribution is 2.27. The number of aromatic nitrogens is 2. The van der Waals surface area contributed by atoms with Crippen molar-refractivity contribution in [2.24, 2.45) is 12.8 Å². The normalized spacial score (nSPS) is 10.7. The van der Waals surface area contributed by atoms with Crippen molar-refractivity contribution in [3.8, 4) is 17.1 Å². The average Bonchev–Trinajstić information content (AvgIpc) is 2.65. The molecule has 0 fully saturated rings. The minimum absolute atomic E-state index is 0.454. The van der Waals surface area contributed by atoms with Crippen LogP contribution in [0.5, 0.6) is 5.75 Å². The Morgan fingerprint density at radius 1 is 1.44 bits per heavy atom. The first-order valence-electron chi connectivity index (χ1n) is 5.81. The maximum atomic E-state index is 5.70. The van der Waals surface area contributed by atoms with Crippen molar-refractivity contribution in [1.82, 2.24) is 9.55 Å². The minimum Gasteiger partial charge on any atom is -0.494 e. The van der Waals surface area contributed by atoms with E-state index in [1.165, 1.54) is 0 Å². The number of hydrogen-bond acceptors (Lipinski definition) is 3. The van der Waals surface area contributed by atoms with Gasteiger partial charge in [0.2, 0.25) is 0 Å². The third-order valence-corrected chi connectivity index (χ3v) is 3.40. The molecule has 2 aromatic rings. The van der Waals surface area contributed by atoms with Crippen molar-refractivity contribution >= 4 is 15.9 Å². The van der Waals surface area contributed by atoms with Crippen LogP contribution in [0.15, 0.2) is 28.9 Å². The van der Waals surface area contributed by atoms with Gasteiger partial charge < -0.3 is 15.0 Å². The second kappa shape index (κ2) is 5.54. The van der Waals surface area contributed by atoms with Gasteiger partial charge in [0.05, 0.1) is 12.3 Å². The lowest BCUT2D eigenvalue weighted by Crippen LogP contribution is -2.04. The zero-order chi connectivity index (χ0) is 13.1. The van der Waals surface area contributed by atoms with E-state index in [-0.39, 0.29) is 0 Å². The van der Waals surface area contributed by atoms with E-state index in [9.17, 15) is 0 Å². The second-order valence-electron chi connectivity index (χ2n) is 3.90. The molecule has 0 radical (unpaired) electrons. The summed E-state index contributed by atoms with van der Waals surface area (Å²) in [5, 5.41) is 0. The second-order valence-corrected chi connectivity index (χ2v) is 4.65. The summed E-state index contributed by atoms with van der Waals surface area (Å²) in [5.41, 5.74) is 7.70. The van der Waals surface area contributed by atoms with Gasteiger partial charge in [-0.25, -0.2) is 4.98 Å². The van der Waals surface area contributed by atoms with Crippen LogP contribution in [0.4, 0.5) is 0 Å². The smallest absolute Gasteiger partial charge is 0.141 e. The Kier molecular flexibility index (Phi) is 4.04. The number of ether oxygens (including phenoxy) is 1. The maximum absolute atomic E-state index is 5.70. The number of hydrogen-bond donors (Lipinski definition) is 1. The lowest BCUT2D eigenvalue weighted by atomic mass is 10.2. The molecule has 0 saturated heterocycles. The van der Waals surface area contributed by atoms with E-state index in [1.807, 2.05) is 42.8 Å². The molecule has 0 unspecified atom stereocenters. The molecule has 0 bridgehead atoms. The molecule has 0 saturated carbocycles. The van der Waals surface area contributed by atoms with Crippen molar-refractivity contribution < 1.29 is 4.74 Å². The van der Waals surface area contributed by atoms with Gasteiger partial charge in [0.25, 0.3) is 0 Å². The number of imidazole rings is 1. The van der Waals surface area contributed by atoms with Crippen LogP contribution in [0, 0.1) is 0 Å². The van der Waals surface area contributed by atoms with Crippen molar-refractivity contribution in [2.45, 2.75) is 13.5 Å². The van der Waals surface area contributed by atoms with Crippen molar-refractivity contribution in [1.29, 1.82) is 0 Å². The molecule has 0 amide bonds. The Labute approximate surface area is 115 Å². The van der Waals surface area contributed by atoms with Gasteiger partial charge in [-0.1, -0.05) is 12.1 Å². The maximum Gasteiger partial charge on any atom is 0.141 e. The summed E-state index contributed by atoms with van der Waals surface area (Å²) in [6.07, 6.45) is 0. The van der Waals surface area contributed by atoms with Crippen molar-refractivity contribution in [3.63, 3.8) is 0 Å². The third-order valence-electron chi connectivity index (χ3n) is 2.76. The Morgan fingerprint density at radius 2 is 2.22 bits per heavy atom. The largest absolute Gasteiger partial charge is 0.494 e. The van der Waals surface area contributed by atoms with Gasteiger partial charge in [0.15, 0.2) is 0 Å². The van der Waals surface area contributed by atoms with E-state index in [2.05, 4.69) is 20.9 Å². The molecule has 96 valence electrons. The standard InChI is InChI=1S/C13H16BrN3O/c1-3-18-10-6-4-5-9(7-10)13-16-12(14)11(8-15)17(13)2/h4-7H,3,8,15H2,1-2H3. The first kappa shape index (κ1) is 13.1. The zero-order valence-corrected chi connectivity index (χ0v) is 12.1. The van der Waals surface area contributed by atoms with Crippen LogP contribution in [0.3, 0.4) is 0 Å². The van der Waals surface area contributed by atoms with Crippen LogP contribution in [-0.4, -0.2) is 16.2 Å². The van der Waals surface area contributed by atoms with E-state index in [1.54, 1.807) is 0 Å². The van der Waals surface area contributed by atoms with E-state index in [0.717, 1.165) is 27.4 Å². The van der Waals surface area contributed by atoms with Gasteiger partial charge in [-0.15, -0.1) is 0 Å². The van der Waals surface area contributed by atoms with E-state index in [0.29, 0.717) is 13.2 Å². The zero-order valence-electron chi connectivity index (χ0n) is 10.5. The number of benzene rings is 1. The molecule has 4 nitrogen and oxygen atoms in total. The highest BCUT2D eigenvalue weighted by atomic mass is 79.9. The molecular formula is C13H16BrN3O. The fourth-order valence-corrected chi connectivity index (χ4v) is 2.47. The molecule has 0 atom stereocenters. The molecule has 2 rings (SSSR count). The molecule has 18 heavy (non-hydrogen) atoms. The quantitative estimate of drug-likeness (QED) is 0.944. The van der Waals surface area contributed by atoms with Crippen LogP contribution >= 0.6 is 15.9 Å². The van der Waals surface area contributed by atoms with E-state index < -0.39 is 0 Å². The lowest BCUT2D eigenvalue weighted by molar-refractivity contribution is 0.340. The Bertz CT molecular complexity index is 551. The SMILES string of the molecule is CCOc1cccc(-c2nc(Br)c(CN)n2C)c1. The summed E-state index contributed by atoms with van der Waals surface area (Å²) < 4.78 is 8.29. The summed E-state index contributed by atoms with van der Waals surface area (Å²) >= 11 is 3.43. The molecule has 0 aliphatic rings. The number of nitrogens with zero attached hydrogens (tertiary/aromatic N) is 2. The summed E-state index contributed by atoms with van der Waals surface area (Å²) in [7, 11) is 1.96. The third kappa shape index (κ3) is 2.42. The number of nitrogens with two attached hydrogens (primary N) is 1. The summed E-state index contributed by atoms with van der Waals surface area (Å²) in [5.74, 6) is 1.73. The fourth-order valence-electron chi connectivity index (χ4n) is 1.87. The lowest BCUT2D eigenvalue weighted by Gasteiger charge is -2.07. The highest BCUT2D eigenvalue weighted by Gasteiger charge is 2.13. The van der Waals surface area contributed by atoms with Gasteiger partial charge in [-0.2, -0.15) is 0 Å². The molecule has 1 aromatic carbocycles. The summed E-state index contributed by atoms with van der Waals surface area (Å²) in [6, 6.07) is 7.90. The summed E-state index contributed by atoms with van der Waals surface area (Å²) in [6.45, 7) is 3.08. The first-order valence-corrected chi connectivity index (χ1v) is 6.61. The van der Waals surface area contributed by atoms with Crippen LogP contribution in [0.1, 0.15) is 12.6 Å². The fraction of sp³-hybridized carbons (Fsp3) is 0.308. The molecule has 1 aromatic heterocycles. The highest BCUT2D eigenvalue weighted by molar-refractivity contribution is 9.10. The predicted octanol–water partition coefficient (Wildman–Crippen LogP) is 2.71. The van der Waals surface area contributed by atoms with Gasteiger partial charge >= 0.3 is 0 Å². The minimum atomic E-state index is 0.454. The van der Waals surface area contributed by atoms with Crippen LogP contribution in [-0.2, 0) is 13.6 Å². The van der Waals surface area contributed by atoms with Gasteiger partial charge in [-0.3, -0.25) is 0 Å². The van der Waals surface area contributed by atoms with Crippen molar-refractivity contribution in [3.05, 3.63) is 34.6 Å². The molecule has 1 heterocycles. The van der Waals surface area contributed by atoms with Crippen LogP contribution in [0.25, 0.3) is 11.4 Å². The summed E-state index contributed by atoms with van der Waals surface area (Å²) in [4.78, 5) is 4.50.